The van der Waals surface area contributed by atoms with Crippen molar-refractivity contribution >= 4 is 31.8 Å². The van der Waals surface area contributed by atoms with Gasteiger partial charge in [0.05, 0.1) is 4.47 Å². The maximum Gasteiger partial charge on any atom is 0.268 e. The number of aromatic amines is 1. The quantitative estimate of drug-likeness (QED) is 0.892. The van der Waals surface area contributed by atoms with Crippen LogP contribution < -0.4 is 4.72 Å². The summed E-state index contributed by atoms with van der Waals surface area (Å²) >= 11 is 3.24. The number of hydrogen-bond acceptors (Lipinski definition) is 5. The Balaban J connectivity index is 2.43. The molecule has 7 nitrogen and oxygen atoms in total. The van der Waals surface area contributed by atoms with E-state index in [2.05, 4.69) is 36.0 Å². The van der Waals surface area contributed by atoms with Gasteiger partial charge in [-0.15, -0.1) is 0 Å². The maximum absolute atomic E-state index is 12.2. The minimum Gasteiger partial charge on any atom is -0.360 e. The summed E-state index contributed by atoms with van der Waals surface area (Å²) in [4.78, 5) is 0.0371. The lowest BCUT2D eigenvalue weighted by Crippen LogP contribution is -2.15. The molecular formula is C9H11BrN4O3S. The van der Waals surface area contributed by atoms with Gasteiger partial charge in [0, 0.05) is 5.69 Å². The Hall–Kier alpha value is -1.35. The van der Waals surface area contributed by atoms with Crippen LogP contribution in [0, 0.1) is 20.8 Å². The molecule has 0 fully saturated rings. The number of hydrogen-bond donors (Lipinski definition) is 2. The van der Waals surface area contributed by atoms with E-state index in [1.807, 2.05) is 0 Å². The number of rotatable bonds is 3. The molecule has 9 heteroatoms. The molecule has 0 aliphatic rings. The average Bonchev–Trinajstić information content (AvgIpc) is 2.76. The molecule has 2 aromatic rings. The van der Waals surface area contributed by atoms with Crippen LogP contribution in [-0.2, 0) is 10.0 Å². The number of H-pyrrole nitrogens is 1. The Labute approximate surface area is 112 Å². The Kier molecular flexibility index (Phi) is 3.20. The van der Waals surface area contributed by atoms with Crippen LogP contribution in [0.1, 0.15) is 17.1 Å². The fourth-order valence-electron chi connectivity index (χ4n) is 1.52. The van der Waals surface area contributed by atoms with Crippen molar-refractivity contribution in [2.75, 3.05) is 4.72 Å². The Morgan fingerprint density at radius 3 is 2.44 bits per heavy atom. The molecule has 2 aromatic heterocycles. The van der Waals surface area contributed by atoms with Gasteiger partial charge in [-0.1, -0.05) is 5.16 Å². The van der Waals surface area contributed by atoms with Crippen LogP contribution in [0.4, 0.5) is 5.82 Å². The molecule has 0 aliphatic carbocycles. The summed E-state index contributed by atoms with van der Waals surface area (Å²) in [5, 5.41) is 10.1. The highest BCUT2D eigenvalue weighted by atomic mass is 79.9. The first-order valence-corrected chi connectivity index (χ1v) is 7.26. The molecule has 98 valence electrons. The number of nitrogens with one attached hydrogen (secondary N) is 2. The smallest absolute Gasteiger partial charge is 0.268 e. The van der Waals surface area contributed by atoms with E-state index in [-0.39, 0.29) is 16.5 Å². The van der Waals surface area contributed by atoms with Gasteiger partial charge in [-0.3, -0.25) is 9.82 Å². The van der Waals surface area contributed by atoms with Crippen LogP contribution in [-0.4, -0.2) is 23.8 Å². The third kappa shape index (κ3) is 2.15. The van der Waals surface area contributed by atoms with Crippen LogP contribution in [0.2, 0.25) is 0 Å². The first kappa shape index (κ1) is 13.1. The predicted octanol–water partition coefficient (Wildman–Crippen LogP) is 1.89. The summed E-state index contributed by atoms with van der Waals surface area (Å²) in [7, 11) is -3.76. The lowest BCUT2D eigenvalue weighted by molar-refractivity contribution is 0.390. The largest absolute Gasteiger partial charge is 0.360 e. The first-order chi connectivity index (χ1) is 8.33. The molecule has 0 unspecified atom stereocenters. The molecule has 18 heavy (non-hydrogen) atoms. The van der Waals surface area contributed by atoms with E-state index in [0.29, 0.717) is 10.2 Å². The zero-order valence-electron chi connectivity index (χ0n) is 9.91. The van der Waals surface area contributed by atoms with Crippen molar-refractivity contribution in [1.29, 1.82) is 0 Å². The molecule has 0 aliphatic heterocycles. The van der Waals surface area contributed by atoms with Crippen molar-refractivity contribution in [1.82, 2.24) is 15.4 Å². The summed E-state index contributed by atoms with van der Waals surface area (Å²) in [6.07, 6.45) is 0. The third-order valence-corrected chi connectivity index (χ3v) is 4.89. The Morgan fingerprint density at radius 1 is 1.33 bits per heavy atom. The van der Waals surface area contributed by atoms with Crippen molar-refractivity contribution in [3.05, 3.63) is 21.6 Å². The Bertz CT molecular complexity index is 669. The van der Waals surface area contributed by atoms with E-state index in [1.54, 1.807) is 20.8 Å². The second kappa shape index (κ2) is 4.39. The molecule has 0 spiro atoms. The molecule has 0 aromatic carbocycles. The van der Waals surface area contributed by atoms with Gasteiger partial charge in [0.1, 0.15) is 5.69 Å². The second-order valence-corrected chi connectivity index (χ2v) is 6.18. The molecule has 0 saturated carbocycles. The summed E-state index contributed by atoms with van der Waals surface area (Å²) in [6, 6.07) is 0. The van der Waals surface area contributed by atoms with Crippen molar-refractivity contribution in [3.63, 3.8) is 0 Å². The zero-order valence-corrected chi connectivity index (χ0v) is 12.3. The van der Waals surface area contributed by atoms with Gasteiger partial charge in [0.25, 0.3) is 10.0 Å². The van der Waals surface area contributed by atoms with Crippen molar-refractivity contribution in [2.45, 2.75) is 25.7 Å². The highest BCUT2D eigenvalue weighted by molar-refractivity contribution is 9.10. The van der Waals surface area contributed by atoms with Gasteiger partial charge in [-0.2, -0.15) is 5.10 Å². The molecule has 0 radical (unpaired) electrons. The fraction of sp³-hybridized carbons (Fsp3) is 0.333. The zero-order chi connectivity index (χ0) is 13.5. The predicted molar refractivity (Wildman–Crippen MR) is 67.8 cm³/mol. The summed E-state index contributed by atoms with van der Waals surface area (Å²) in [5.74, 6) is 0.441. The van der Waals surface area contributed by atoms with Gasteiger partial charge in [-0.25, -0.2) is 8.42 Å². The van der Waals surface area contributed by atoms with Crippen molar-refractivity contribution < 1.29 is 12.9 Å². The highest BCUT2D eigenvalue weighted by Gasteiger charge is 2.26. The normalized spacial score (nSPS) is 11.8. The van der Waals surface area contributed by atoms with Gasteiger partial charge < -0.3 is 4.52 Å². The van der Waals surface area contributed by atoms with E-state index in [4.69, 9.17) is 4.52 Å². The third-order valence-electron chi connectivity index (χ3n) is 2.34. The standard InChI is InChI=1S/C9H11BrN4O3S/c1-4-7(10)9(12-11-4)14-18(15,16)8-5(2)13-17-6(8)3/h1-3H3,(H2,11,12,14). The molecule has 2 rings (SSSR count). The number of aryl methyl sites for hydroxylation is 3. The number of nitrogens with zero attached hydrogens (tertiary/aromatic N) is 2. The molecule has 0 bridgehead atoms. The summed E-state index contributed by atoms with van der Waals surface area (Å²) < 4.78 is 32.1. The van der Waals surface area contributed by atoms with E-state index in [9.17, 15) is 8.42 Å². The van der Waals surface area contributed by atoms with Gasteiger partial charge in [0.15, 0.2) is 16.5 Å². The average molecular weight is 335 g/mol. The Morgan fingerprint density at radius 2 is 2.00 bits per heavy atom. The van der Waals surface area contributed by atoms with E-state index < -0.39 is 10.0 Å². The van der Waals surface area contributed by atoms with Gasteiger partial charge in [0.2, 0.25) is 0 Å². The summed E-state index contributed by atoms with van der Waals surface area (Å²) in [5.41, 5.74) is 1.04. The van der Waals surface area contributed by atoms with Crippen LogP contribution in [0.3, 0.4) is 0 Å². The van der Waals surface area contributed by atoms with Crippen molar-refractivity contribution in [2.24, 2.45) is 0 Å². The number of aromatic nitrogens is 3. The molecule has 2 heterocycles. The highest BCUT2D eigenvalue weighted by Crippen LogP contribution is 2.27. The van der Waals surface area contributed by atoms with Crippen LogP contribution >= 0.6 is 15.9 Å². The minimum absolute atomic E-state index is 0.0371. The van der Waals surface area contributed by atoms with E-state index in [0.717, 1.165) is 5.69 Å². The fourth-order valence-corrected chi connectivity index (χ4v) is 3.27. The summed E-state index contributed by atoms with van der Waals surface area (Å²) in [6.45, 7) is 4.88. The van der Waals surface area contributed by atoms with Crippen LogP contribution in [0.15, 0.2) is 13.9 Å². The van der Waals surface area contributed by atoms with Gasteiger partial charge in [-0.05, 0) is 36.7 Å². The molecule has 0 atom stereocenters. The topological polar surface area (TPSA) is 101 Å². The van der Waals surface area contributed by atoms with Crippen LogP contribution in [0.25, 0.3) is 0 Å². The lowest BCUT2D eigenvalue weighted by Gasteiger charge is -2.04. The lowest BCUT2D eigenvalue weighted by atomic mass is 10.4. The second-order valence-electron chi connectivity index (χ2n) is 3.77. The van der Waals surface area contributed by atoms with Crippen LogP contribution in [0.5, 0.6) is 0 Å². The number of anilines is 1. The monoisotopic (exact) mass is 334 g/mol. The first-order valence-electron chi connectivity index (χ1n) is 4.99. The number of sulfonamides is 1. The minimum atomic E-state index is -3.76. The molecule has 2 N–H and O–H groups in total. The van der Waals surface area contributed by atoms with E-state index >= 15 is 0 Å². The molecule has 0 amide bonds. The SMILES string of the molecule is Cc1noc(C)c1S(=O)(=O)Nc1n[nH]c(C)c1Br. The molecule has 0 saturated heterocycles. The van der Waals surface area contributed by atoms with Gasteiger partial charge >= 0.3 is 0 Å². The number of halogens is 1. The van der Waals surface area contributed by atoms with Crippen molar-refractivity contribution in [3.8, 4) is 0 Å². The van der Waals surface area contributed by atoms with E-state index in [1.165, 1.54) is 0 Å². The maximum atomic E-state index is 12.2. The molecular weight excluding hydrogens is 324 g/mol.